The third-order valence-corrected chi connectivity index (χ3v) is 18.5. The molecule has 2 N–H and O–H groups in total. The second-order valence-corrected chi connectivity index (χ2v) is 28.4. The van der Waals surface area contributed by atoms with Gasteiger partial charge in [-0.2, -0.15) is 0 Å². The summed E-state index contributed by atoms with van der Waals surface area (Å²) in [6, 6.07) is -0.884. The van der Waals surface area contributed by atoms with Crippen LogP contribution in [-0.4, -0.2) is 68.5 Å². The van der Waals surface area contributed by atoms with Crippen molar-refractivity contribution in [3.63, 3.8) is 0 Å². The van der Waals surface area contributed by atoms with Crippen molar-refractivity contribution < 1.29 is 32.9 Å². The van der Waals surface area contributed by atoms with Crippen LogP contribution in [0.4, 0.5) is 0 Å². The van der Waals surface area contributed by atoms with Crippen LogP contribution in [0.2, 0.25) is 0 Å². The molecule has 0 rings (SSSR count). The number of nitrogens with zero attached hydrogens (tertiary/aromatic N) is 1. The van der Waals surface area contributed by atoms with Crippen molar-refractivity contribution in [1.29, 1.82) is 0 Å². The number of quaternary nitrogens is 1. The lowest BCUT2D eigenvalue weighted by Gasteiger charge is -2.29. The van der Waals surface area contributed by atoms with E-state index in [-0.39, 0.29) is 19.1 Å². The van der Waals surface area contributed by atoms with Gasteiger partial charge >= 0.3 is 0 Å². The van der Waals surface area contributed by atoms with E-state index in [4.69, 9.17) is 9.05 Å². The van der Waals surface area contributed by atoms with Crippen molar-refractivity contribution in [2.24, 2.45) is 0 Å². The molecule has 0 aromatic heterocycles. The van der Waals surface area contributed by atoms with Crippen LogP contribution in [0.15, 0.2) is 12.2 Å². The monoisotopic (exact) mass is 1180 g/mol. The third-order valence-electron chi connectivity index (χ3n) is 17.5. The Hall–Kier alpha value is -0.760. The number of nitrogens with one attached hydrogen (secondary N) is 1. The minimum atomic E-state index is -4.60. The van der Waals surface area contributed by atoms with Crippen molar-refractivity contribution in [3.8, 4) is 0 Å². The largest absolute Gasteiger partial charge is 0.756 e. The van der Waals surface area contributed by atoms with Gasteiger partial charge in [-0.05, 0) is 19.3 Å². The maximum Gasteiger partial charge on any atom is 0.268 e. The molecular weight excluding hydrogens is 1030 g/mol. The van der Waals surface area contributed by atoms with E-state index in [2.05, 4.69) is 19.2 Å². The normalized spacial score (nSPS) is 13.6. The highest BCUT2D eigenvalue weighted by molar-refractivity contribution is 7.45. The van der Waals surface area contributed by atoms with Gasteiger partial charge in [0.2, 0.25) is 5.91 Å². The average molecular weight is 1180 g/mol. The van der Waals surface area contributed by atoms with Crippen LogP contribution < -0.4 is 10.2 Å². The maximum absolute atomic E-state index is 13.1. The van der Waals surface area contributed by atoms with Gasteiger partial charge in [-0.25, -0.2) is 0 Å². The van der Waals surface area contributed by atoms with Crippen LogP contribution in [0, 0.1) is 0 Å². The lowest BCUT2D eigenvalue weighted by Crippen LogP contribution is -2.45. The van der Waals surface area contributed by atoms with Crippen LogP contribution in [0.3, 0.4) is 0 Å². The Kier molecular flexibility index (Phi) is 64.1. The lowest BCUT2D eigenvalue weighted by molar-refractivity contribution is -0.870. The maximum atomic E-state index is 13.1. The number of amides is 1. The molecule has 490 valence electrons. The Morgan fingerprint density at radius 1 is 0.415 bits per heavy atom. The molecule has 0 saturated carbocycles. The predicted molar refractivity (Wildman–Crippen MR) is 358 cm³/mol. The second kappa shape index (κ2) is 64.7. The minimum absolute atomic E-state index is 0.00307. The predicted octanol–water partition coefficient (Wildman–Crippen LogP) is 23.0. The number of phosphoric acid groups is 1. The van der Waals surface area contributed by atoms with Gasteiger partial charge in [-0.1, -0.05) is 386 Å². The van der Waals surface area contributed by atoms with Gasteiger partial charge in [0.15, 0.2) is 0 Å². The summed E-state index contributed by atoms with van der Waals surface area (Å²) in [4.78, 5) is 25.7. The fourth-order valence-electron chi connectivity index (χ4n) is 11.7. The topological polar surface area (TPSA) is 108 Å². The summed E-state index contributed by atoms with van der Waals surface area (Å²) in [5, 5.41) is 14.0. The molecule has 0 aliphatic carbocycles. The molecular formula is C73H147N2O6P. The number of aliphatic hydroxyl groups excluding tert-OH is 1. The molecule has 3 atom stereocenters. The summed E-state index contributed by atoms with van der Waals surface area (Å²) in [5.41, 5.74) is 0. The number of unbranched alkanes of at least 4 members (excludes halogenated alkanes) is 57. The SMILES string of the molecule is CCCCCCCCCCCCCCCCCCCCCCCCCCC/C=C/C(O)C(COP(=O)([O-])OCC[N+](C)(C)C)NC(=O)CCCCCCCCCCCCCCCCCCCCCCCCCCCCCCCCCCC. The number of phosphoric ester groups is 1. The summed E-state index contributed by atoms with van der Waals surface area (Å²) in [5.74, 6) is -0.186. The van der Waals surface area contributed by atoms with Crippen molar-refractivity contribution in [1.82, 2.24) is 5.32 Å². The van der Waals surface area contributed by atoms with Crippen LogP contribution in [0.25, 0.3) is 0 Å². The first-order valence-electron chi connectivity index (χ1n) is 37.1. The zero-order valence-corrected chi connectivity index (χ0v) is 57.1. The van der Waals surface area contributed by atoms with Gasteiger partial charge in [0.05, 0.1) is 39.9 Å². The second-order valence-electron chi connectivity index (χ2n) is 27.0. The molecule has 9 heteroatoms. The van der Waals surface area contributed by atoms with Crippen molar-refractivity contribution >= 4 is 13.7 Å². The van der Waals surface area contributed by atoms with Crippen LogP contribution in [0.1, 0.15) is 399 Å². The van der Waals surface area contributed by atoms with Gasteiger partial charge in [0.25, 0.3) is 7.82 Å². The first-order valence-corrected chi connectivity index (χ1v) is 38.5. The number of likely N-dealkylation sites (N-methyl/N-ethyl adjacent to an activating group) is 1. The van der Waals surface area contributed by atoms with Crippen LogP contribution >= 0.6 is 7.82 Å². The molecule has 0 saturated heterocycles. The summed E-state index contributed by atoms with van der Waals surface area (Å²) < 4.78 is 23.5. The average Bonchev–Trinajstić information content (AvgIpc) is 3.47. The van der Waals surface area contributed by atoms with Crippen LogP contribution in [0.5, 0.6) is 0 Å². The van der Waals surface area contributed by atoms with Gasteiger partial charge in [0.1, 0.15) is 13.2 Å². The number of hydrogen-bond acceptors (Lipinski definition) is 6. The number of hydrogen-bond donors (Lipinski definition) is 2. The molecule has 0 bridgehead atoms. The highest BCUT2D eigenvalue weighted by atomic mass is 31.2. The molecule has 0 aromatic carbocycles. The zero-order valence-electron chi connectivity index (χ0n) is 56.2. The van der Waals surface area contributed by atoms with E-state index in [9.17, 15) is 19.4 Å². The molecule has 8 nitrogen and oxygen atoms in total. The fourth-order valence-corrected chi connectivity index (χ4v) is 12.5. The van der Waals surface area contributed by atoms with Gasteiger partial charge < -0.3 is 28.8 Å². The van der Waals surface area contributed by atoms with E-state index < -0.39 is 20.0 Å². The van der Waals surface area contributed by atoms with E-state index in [0.29, 0.717) is 17.4 Å². The van der Waals surface area contributed by atoms with Gasteiger partial charge in [0, 0.05) is 6.42 Å². The zero-order chi connectivity index (χ0) is 59.8. The van der Waals surface area contributed by atoms with E-state index >= 15 is 0 Å². The smallest absolute Gasteiger partial charge is 0.268 e. The number of carbonyl (C=O) groups excluding carboxylic acids is 1. The molecule has 0 heterocycles. The van der Waals surface area contributed by atoms with E-state index in [0.717, 1.165) is 38.5 Å². The molecule has 82 heavy (non-hydrogen) atoms. The summed E-state index contributed by atoms with van der Waals surface area (Å²) in [6.45, 7) is 4.73. The summed E-state index contributed by atoms with van der Waals surface area (Å²) >= 11 is 0. The molecule has 0 aliphatic rings. The third kappa shape index (κ3) is 66.8. The van der Waals surface area contributed by atoms with E-state index in [1.54, 1.807) is 6.08 Å². The number of allylic oxidation sites excluding steroid dienone is 1. The molecule has 0 spiro atoms. The molecule has 1 amide bonds. The molecule has 0 aliphatic heterocycles. The van der Waals surface area contributed by atoms with Crippen molar-refractivity contribution in [2.45, 2.75) is 411 Å². The quantitative estimate of drug-likeness (QED) is 0.0272. The van der Waals surface area contributed by atoms with Gasteiger partial charge in [-0.15, -0.1) is 0 Å². The number of carbonyl (C=O) groups is 1. The minimum Gasteiger partial charge on any atom is -0.756 e. The Morgan fingerprint density at radius 2 is 0.659 bits per heavy atom. The van der Waals surface area contributed by atoms with E-state index in [1.807, 2.05) is 27.2 Å². The van der Waals surface area contributed by atoms with Crippen molar-refractivity contribution in [3.05, 3.63) is 12.2 Å². The van der Waals surface area contributed by atoms with E-state index in [1.165, 1.54) is 340 Å². The Bertz CT molecular complexity index is 1340. The fraction of sp³-hybridized carbons (Fsp3) is 0.959. The standard InChI is InChI=1S/C73H147N2O6P/c1-6-8-10-12-14-16-18-20-22-24-26-28-30-32-34-35-36-37-38-39-41-43-45-47-49-51-53-55-57-59-61-63-65-67-73(77)74-71(70-81-82(78,79)80-69-68-75(3,4)5)72(76)66-64-62-60-58-56-54-52-50-48-46-44-42-40-33-31-29-27-25-23-21-19-17-15-13-11-9-7-2/h64,66,71-72,76H,6-63,65,67-70H2,1-5H3,(H-,74,77,78,79)/b66-64+. The Balaban J connectivity index is 3.98. The molecule has 0 aromatic rings. The first-order chi connectivity index (χ1) is 40.0. The highest BCUT2D eigenvalue weighted by Gasteiger charge is 2.23. The summed E-state index contributed by atoms with van der Waals surface area (Å²) in [7, 11) is 1.29. The highest BCUT2D eigenvalue weighted by Crippen LogP contribution is 2.38. The first kappa shape index (κ1) is 81.2. The Morgan fingerprint density at radius 3 is 0.915 bits per heavy atom. The van der Waals surface area contributed by atoms with Crippen molar-refractivity contribution in [2.75, 3.05) is 40.9 Å². The molecule has 0 fully saturated rings. The molecule has 3 unspecified atom stereocenters. The number of rotatable bonds is 70. The van der Waals surface area contributed by atoms with Gasteiger partial charge in [-0.3, -0.25) is 9.36 Å². The van der Waals surface area contributed by atoms with Crippen LogP contribution in [-0.2, 0) is 18.4 Å². The lowest BCUT2D eigenvalue weighted by atomic mass is 10.0. The number of aliphatic hydroxyl groups is 1. The summed E-state index contributed by atoms with van der Waals surface area (Å²) in [6.07, 6.45) is 83.6. The molecule has 0 radical (unpaired) electrons. The Labute approximate surface area is 513 Å².